The molecule has 2 bridgehead atoms. The molecule has 11 heteroatoms. The van der Waals surface area contributed by atoms with Crippen molar-refractivity contribution in [1.82, 2.24) is 29.6 Å². The van der Waals surface area contributed by atoms with Gasteiger partial charge in [-0.25, -0.2) is 14.4 Å². The highest BCUT2D eigenvalue weighted by atomic mass is 19.1. The van der Waals surface area contributed by atoms with Crippen LogP contribution < -0.4 is 4.90 Å². The number of phenolic OH excluding ortho intramolecular Hbond substituents is 1. The number of piperidine rings is 1. The number of pyridine rings is 2. The molecule has 1 aromatic carbocycles. The molecule has 2 N–H and O–H groups in total. The number of aromatic nitrogens is 5. The summed E-state index contributed by atoms with van der Waals surface area (Å²) in [7, 11) is 0. The zero-order valence-corrected chi connectivity index (χ0v) is 22.6. The number of H-pyrrole nitrogens is 1. The largest absolute Gasteiger partial charge is 0.508 e. The van der Waals surface area contributed by atoms with Crippen molar-refractivity contribution < 1.29 is 14.2 Å². The Morgan fingerprint density at radius 2 is 1.88 bits per heavy atom. The normalized spacial score (nSPS) is 20.3. The summed E-state index contributed by atoms with van der Waals surface area (Å²) in [6.07, 6.45) is 8.34. The van der Waals surface area contributed by atoms with Crippen LogP contribution in [0.5, 0.6) is 5.75 Å². The van der Waals surface area contributed by atoms with Gasteiger partial charge in [0.1, 0.15) is 29.1 Å². The second-order valence-corrected chi connectivity index (χ2v) is 11.3. The first kappa shape index (κ1) is 25.0. The number of hydrogen-bond donors (Lipinski definition) is 2. The number of phenols is 1. The molecule has 2 unspecified atom stereocenters. The van der Waals surface area contributed by atoms with E-state index in [1.807, 2.05) is 41.5 Å². The number of fused-ring (bicyclic) bond motifs is 3. The molecule has 4 aliphatic rings. The predicted molar refractivity (Wildman–Crippen MR) is 153 cm³/mol. The van der Waals surface area contributed by atoms with Gasteiger partial charge in [0.05, 0.1) is 36.7 Å². The van der Waals surface area contributed by atoms with Crippen molar-refractivity contribution in [2.24, 2.45) is 0 Å². The van der Waals surface area contributed by atoms with Crippen molar-refractivity contribution in [3.63, 3.8) is 0 Å². The lowest BCUT2D eigenvalue weighted by atomic mass is 9.86. The van der Waals surface area contributed by atoms with Gasteiger partial charge in [0.25, 0.3) is 0 Å². The molecule has 9 rings (SSSR count). The molecule has 5 aromatic rings. The second-order valence-electron chi connectivity index (χ2n) is 11.3. The third kappa shape index (κ3) is 4.10. The molecule has 0 aliphatic carbocycles. The molecule has 4 aliphatic heterocycles. The number of anilines is 1. The number of ether oxygens (including phenoxy) is 1. The molecule has 8 heterocycles. The molecular weight excluding hydrogens is 535 g/mol. The van der Waals surface area contributed by atoms with Crippen LogP contribution in [-0.2, 0) is 11.3 Å². The third-order valence-electron chi connectivity index (χ3n) is 8.79. The fraction of sp³-hybridized carbons (Fsp3) is 0.290. The summed E-state index contributed by atoms with van der Waals surface area (Å²) in [5, 5.41) is 25.4. The van der Waals surface area contributed by atoms with E-state index >= 15 is 0 Å². The molecule has 210 valence electrons. The maximum atomic E-state index is 13.7. The standard InChI is InChI=1S/C31H27FN8O2/c32-22-2-3-28(41)19(5-22)12-39-23-6-24(39)15-38(14-23)29-4-1-18(9-34-29)30-20(8-33)10-35-31-26(30)7-27(37-31)21-11-36-40(13-21)25-16-42-17-25/h1-5,7,9-11,13,23-25,41H,6,12,14-17H2,(H,35,37). The van der Waals surface area contributed by atoms with E-state index in [0.29, 0.717) is 48.6 Å². The minimum absolute atomic E-state index is 0.130. The topological polar surface area (TPSA) is 119 Å². The summed E-state index contributed by atoms with van der Waals surface area (Å²) >= 11 is 0. The number of rotatable bonds is 6. The monoisotopic (exact) mass is 562 g/mol. The van der Waals surface area contributed by atoms with E-state index < -0.39 is 0 Å². The molecule has 42 heavy (non-hydrogen) atoms. The fourth-order valence-corrected chi connectivity index (χ4v) is 6.41. The maximum absolute atomic E-state index is 13.7. The molecule has 0 saturated carbocycles. The molecule has 0 radical (unpaired) electrons. The van der Waals surface area contributed by atoms with Gasteiger partial charge in [-0.05, 0) is 42.8 Å². The zero-order valence-electron chi connectivity index (χ0n) is 22.6. The SMILES string of the molecule is N#Cc1cnc2[nH]c(-c3cnn(C4COC4)c3)cc2c1-c1ccc(N2CC3CC(C2)N3Cc2cc(F)ccc2O)nc1. The van der Waals surface area contributed by atoms with Gasteiger partial charge in [-0.3, -0.25) is 9.58 Å². The first-order valence-electron chi connectivity index (χ1n) is 14.0. The second kappa shape index (κ2) is 9.65. The van der Waals surface area contributed by atoms with Crippen LogP contribution in [0.15, 0.2) is 61.2 Å². The third-order valence-corrected chi connectivity index (χ3v) is 8.79. The lowest BCUT2D eigenvalue weighted by Gasteiger charge is -2.56. The Kier molecular flexibility index (Phi) is 5.73. The van der Waals surface area contributed by atoms with E-state index in [-0.39, 0.29) is 17.6 Å². The van der Waals surface area contributed by atoms with Crippen molar-refractivity contribution >= 4 is 16.9 Å². The highest BCUT2D eigenvalue weighted by Gasteiger charge is 2.45. The zero-order chi connectivity index (χ0) is 28.4. The van der Waals surface area contributed by atoms with E-state index in [9.17, 15) is 14.8 Å². The van der Waals surface area contributed by atoms with Crippen LogP contribution in [0.3, 0.4) is 0 Å². The van der Waals surface area contributed by atoms with Gasteiger partial charge in [-0.2, -0.15) is 10.4 Å². The number of piperazine rings is 1. The van der Waals surface area contributed by atoms with Crippen LogP contribution in [-0.4, -0.2) is 73.1 Å². The van der Waals surface area contributed by atoms with Gasteiger partial charge < -0.3 is 19.7 Å². The first-order valence-corrected chi connectivity index (χ1v) is 14.0. The molecule has 4 saturated heterocycles. The highest BCUT2D eigenvalue weighted by Crippen LogP contribution is 2.38. The van der Waals surface area contributed by atoms with Gasteiger partial charge >= 0.3 is 0 Å². The Balaban J connectivity index is 1.03. The van der Waals surface area contributed by atoms with Gasteiger partial charge in [0, 0.05) is 77.9 Å². The van der Waals surface area contributed by atoms with E-state index in [2.05, 4.69) is 30.9 Å². The van der Waals surface area contributed by atoms with Crippen LogP contribution in [0, 0.1) is 17.1 Å². The molecule has 0 spiro atoms. The number of benzene rings is 1. The van der Waals surface area contributed by atoms with Crippen LogP contribution in [0.2, 0.25) is 0 Å². The summed E-state index contributed by atoms with van der Waals surface area (Å²) in [4.78, 5) is 17.3. The van der Waals surface area contributed by atoms with Crippen LogP contribution >= 0.6 is 0 Å². The van der Waals surface area contributed by atoms with E-state index in [0.717, 1.165) is 53.1 Å². The molecule has 4 aromatic heterocycles. The summed E-state index contributed by atoms with van der Waals surface area (Å²) in [5.74, 6) is 0.676. The summed E-state index contributed by atoms with van der Waals surface area (Å²) in [5.41, 5.74) is 5.28. The van der Waals surface area contributed by atoms with Crippen molar-refractivity contribution in [2.75, 3.05) is 31.2 Å². The Labute approximate surface area is 240 Å². The van der Waals surface area contributed by atoms with Gasteiger partial charge in [0.2, 0.25) is 0 Å². The van der Waals surface area contributed by atoms with Crippen LogP contribution in [0.25, 0.3) is 33.4 Å². The Morgan fingerprint density at radius 1 is 1.02 bits per heavy atom. The Bertz CT molecular complexity index is 1840. The lowest BCUT2D eigenvalue weighted by molar-refractivity contribution is -0.0286. The molecular formula is C31H27FN8O2. The van der Waals surface area contributed by atoms with Crippen molar-refractivity contribution in [3.05, 3.63) is 78.1 Å². The summed E-state index contributed by atoms with van der Waals surface area (Å²) < 4.78 is 20.9. The summed E-state index contributed by atoms with van der Waals surface area (Å²) in [6.45, 7) is 3.49. The minimum Gasteiger partial charge on any atom is -0.508 e. The average Bonchev–Trinajstić information content (AvgIpc) is 3.64. The van der Waals surface area contributed by atoms with E-state index in [1.54, 1.807) is 6.20 Å². The minimum atomic E-state index is -0.336. The van der Waals surface area contributed by atoms with Crippen molar-refractivity contribution in [1.29, 1.82) is 5.26 Å². The maximum Gasteiger partial charge on any atom is 0.138 e. The van der Waals surface area contributed by atoms with Crippen molar-refractivity contribution in [2.45, 2.75) is 31.1 Å². The molecule has 2 atom stereocenters. The number of halogens is 1. The van der Waals surface area contributed by atoms with Gasteiger partial charge in [-0.15, -0.1) is 0 Å². The first-order chi connectivity index (χ1) is 20.5. The number of nitrogens with zero attached hydrogens (tertiary/aromatic N) is 7. The van der Waals surface area contributed by atoms with Crippen LogP contribution in [0.4, 0.5) is 10.2 Å². The Morgan fingerprint density at radius 3 is 2.62 bits per heavy atom. The number of nitrogens with one attached hydrogen (secondary N) is 1. The fourth-order valence-electron chi connectivity index (χ4n) is 6.41. The predicted octanol–water partition coefficient (Wildman–Crippen LogP) is 4.24. The highest BCUT2D eigenvalue weighted by molar-refractivity contribution is 5.98. The number of hydrogen-bond acceptors (Lipinski definition) is 8. The number of nitriles is 1. The quantitative estimate of drug-likeness (QED) is 0.316. The van der Waals surface area contributed by atoms with E-state index in [1.165, 1.54) is 18.2 Å². The van der Waals surface area contributed by atoms with E-state index in [4.69, 9.17) is 9.72 Å². The lowest BCUT2D eigenvalue weighted by Crippen LogP contribution is -2.68. The van der Waals surface area contributed by atoms with Gasteiger partial charge in [-0.1, -0.05) is 0 Å². The van der Waals surface area contributed by atoms with Gasteiger partial charge in [0.15, 0.2) is 0 Å². The summed E-state index contributed by atoms with van der Waals surface area (Å²) in [6, 6.07) is 13.4. The van der Waals surface area contributed by atoms with Crippen molar-refractivity contribution in [3.8, 4) is 34.2 Å². The molecule has 4 fully saturated rings. The average molecular weight is 563 g/mol. The Hall–Kier alpha value is -4.79. The molecule has 10 nitrogen and oxygen atoms in total. The number of aromatic hydroxyl groups is 1. The number of aromatic amines is 1. The molecule has 0 amide bonds. The smallest absolute Gasteiger partial charge is 0.138 e. The van der Waals surface area contributed by atoms with Crippen LogP contribution in [0.1, 0.15) is 23.6 Å².